The van der Waals surface area contributed by atoms with Crippen molar-refractivity contribution in [3.05, 3.63) is 11.8 Å². The Kier molecular flexibility index (Phi) is 2.73. The van der Waals surface area contributed by atoms with Gasteiger partial charge in [-0.2, -0.15) is 27.6 Å². The number of carbonyl (C=O) groups excluding carboxylic acids is 2. The lowest BCUT2D eigenvalue weighted by Gasteiger charge is -2.15. The molecule has 3 amide bonds. The Morgan fingerprint density at radius 1 is 1.18 bits per heavy atom. The summed E-state index contributed by atoms with van der Waals surface area (Å²) in [5, 5.41) is 6.03. The van der Waals surface area contributed by atoms with E-state index in [1.807, 2.05) is 0 Å². The number of carbonyl (C=O) groups is 2. The summed E-state index contributed by atoms with van der Waals surface area (Å²) in [6.07, 6.45) is -4.81. The molecule has 12 heteroatoms. The van der Waals surface area contributed by atoms with Crippen LogP contribution < -0.4 is 0 Å². The number of nitrogens with zero attached hydrogens (tertiary/aromatic N) is 6. The van der Waals surface area contributed by atoms with Crippen molar-refractivity contribution in [2.24, 2.45) is 9.98 Å². The highest BCUT2D eigenvalue weighted by atomic mass is 19.4. The van der Waals surface area contributed by atoms with Gasteiger partial charge in [-0.25, -0.2) is 9.59 Å². The van der Waals surface area contributed by atoms with Crippen LogP contribution in [0.15, 0.2) is 14.4 Å². The van der Waals surface area contributed by atoms with Gasteiger partial charge in [0.25, 0.3) is 5.84 Å². The van der Waals surface area contributed by atoms with Gasteiger partial charge in [0.05, 0.1) is 14.1 Å². The standard InChI is InChI=1S/C10H6F3N6O3/c1-18-5-3(7(20)19(2)9(18)21)14-4(15-5)6-16-17-8(22-6)10(11,12)13/h1-2H3/q+1. The Bertz CT molecular complexity index is 803. The second kappa shape index (κ2) is 4.29. The molecule has 3 heterocycles. The van der Waals surface area contributed by atoms with E-state index in [-0.39, 0.29) is 17.4 Å². The molecule has 3 rings (SSSR count). The molecule has 0 radical (unpaired) electrons. The van der Waals surface area contributed by atoms with Crippen LogP contribution in [0.1, 0.15) is 11.8 Å². The molecule has 9 nitrogen and oxygen atoms in total. The molecule has 0 saturated carbocycles. The first-order valence-corrected chi connectivity index (χ1v) is 5.71. The van der Waals surface area contributed by atoms with Crippen molar-refractivity contribution < 1.29 is 31.8 Å². The summed E-state index contributed by atoms with van der Waals surface area (Å²) in [7, 11) is 2.59. The van der Waals surface area contributed by atoms with Gasteiger partial charge in [0.1, 0.15) is 0 Å². The molecule has 0 atom stereocenters. The van der Waals surface area contributed by atoms with Crippen molar-refractivity contribution in [1.82, 2.24) is 15.1 Å². The fraction of sp³-hybridized carbons (Fsp3) is 0.300. The number of hydrogen-bond donors (Lipinski definition) is 0. The predicted octanol–water partition coefficient (Wildman–Crippen LogP) is -0.0776. The molecular weight excluding hydrogens is 309 g/mol. The van der Waals surface area contributed by atoms with Gasteiger partial charge in [-0.3, -0.25) is 0 Å². The number of rotatable bonds is 1. The van der Waals surface area contributed by atoms with Crippen LogP contribution in [-0.2, 0) is 11.0 Å². The van der Waals surface area contributed by atoms with Crippen molar-refractivity contribution in [1.29, 1.82) is 0 Å². The molecule has 0 saturated heterocycles. The number of hydrogen-bond acceptors (Lipinski definition) is 7. The zero-order chi connectivity index (χ0) is 16.2. The third-order valence-corrected chi connectivity index (χ3v) is 2.90. The van der Waals surface area contributed by atoms with E-state index in [2.05, 4.69) is 24.6 Å². The van der Waals surface area contributed by atoms with Gasteiger partial charge >= 0.3 is 35.7 Å². The van der Waals surface area contributed by atoms with Crippen molar-refractivity contribution in [2.45, 2.75) is 6.18 Å². The molecule has 2 aliphatic rings. The van der Waals surface area contributed by atoms with Gasteiger partial charge in [-0.05, 0) is 0 Å². The topological polar surface area (TPSA) is 104 Å². The van der Waals surface area contributed by atoms with Crippen molar-refractivity contribution >= 4 is 29.3 Å². The minimum absolute atomic E-state index is 0.0881. The second-order valence-corrected chi connectivity index (χ2v) is 4.34. The van der Waals surface area contributed by atoms with Crippen LogP contribution in [0.25, 0.3) is 0 Å². The molecule has 0 bridgehead atoms. The number of halogens is 3. The van der Waals surface area contributed by atoms with E-state index in [0.29, 0.717) is 0 Å². The van der Waals surface area contributed by atoms with Crippen LogP contribution in [0.5, 0.6) is 0 Å². The Morgan fingerprint density at radius 3 is 2.45 bits per heavy atom. The summed E-state index contributed by atoms with van der Waals surface area (Å²) in [5.41, 5.74) is -0.189. The average Bonchev–Trinajstić information content (AvgIpc) is 3.08. The molecule has 0 fully saturated rings. The number of urea groups is 1. The van der Waals surface area contributed by atoms with Gasteiger partial charge in [0.15, 0.2) is 0 Å². The molecule has 0 unspecified atom stereocenters. The first-order valence-electron chi connectivity index (χ1n) is 5.71. The summed E-state index contributed by atoms with van der Waals surface area (Å²) in [5.74, 6) is -3.34. The lowest BCUT2D eigenvalue weighted by molar-refractivity contribution is -0.401. The number of alkyl halides is 3. The largest absolute Gasteiger partial charge is 0.470 e. The Hall–Kier alpha value is -2.92. The van der Waals surface area contributed by atoms with Gasteiger partial charge in [-0.15, -0.1) is 10.2 Å². The maximum absolute atomic E-state index is 12.4. The zero-order valence-electron chi connectivity index (χ0n) is 11.0. The number of amidine groups is 2. The number of aliphatic imine (C=N–C) groups is 2. The second-order valence-electron chi connectivity index (χ2n) is 4.34. The lowest BCUT2D eigenvalue weighted by atomic mass is 10.2. The smallest absolute Gasteiger partial charge is 0.409 e. The molecule has 0 N–H and O–H groups in total. The number of aromatic nitrogens is 2. The Balaban J connectivity index is 2.06. The Labute approximate surface area is 119 Å². The molecule has 114 valence electrons. The van der Waals surface area contributed by atoms with Crippen LogP contribution >= 0.6 is 0 Å². The molecule has 2 aliphatic heterocycles. The van der Waals surface area contributed by atoms with Gasteiger partial charge in [0.2, 0.25) is 5.71 Å². The van der Waals surface area contributed by atoms with Crippen molar-refractivity contribution in [2.75, 3.05) is 14.1 Å². The van der Waals surface area contributed by atoms with Gasteiger partial charge < -0.3 is 4.42 Å². The SMILES string of the molecule is CN1C(=O)C2=NC(c3nnc(C(F)(F)F)o3)=NC2=[N+](C)C1=O. The average molecular weight is 315 g/mol. The first kappa shape index (κ1) is 14.0. The third-order valence-electron chi connectivity index (χ3n) is 2.90. The predicted molar refractivity (Wildman–Crippen MR) is 62.6 cm³/mol. The highest BCUT2D eigenvalue weighted by molar-refractivity contribution is 6.70. The minimum atomic E-state index is -4.81. The highest BCUT2D eigenvalue weighted by Gasteiger charge is 2.46. The Morgan fingerprint density at radius 2 is 1.86 bits per heavy atom. The van der Waals surface area contributed by atoms with E-state index in [1.165, 1.54) is 14.1 Å². The highest BCUT2D eigenvalue weighted by Crippen LogP contribution is 2.28. The number of amides is 3. The van der Waals surface area contributed by atoms with Crippen molar-refractivity contribution in [3.63, 3.8) is 0 Å². The van der Waals surface area contributed by atoms with Crippen LogP contribution in [0.4, 0.5) is 18.0 Å². The van der Waals surface area contributed by atoms with Crippen LogP contribution in [0.2, 0.25) is 0 Å². The van der Waals surface area contributed by atoms with Gasteiger partial charge in [0, 0.05) is 0 Å². The van der Waals surface area contributed by atoms with Crippen molar-refractivity contribution in [3.8, 4) is 0 Å². The van der Waals surface area contributed by atoms with E-state index in [4.69, 9.17) is 0 Å². The number of fused-ring (bicyclic) bond motifs is 1. The molecular formula is C10H6F3N6O3+. The third kappa shape index (κ3) is 1.91. The zero-order valence-corrected chi connectivity index (χ0v) is 11.0. The van der Waals surface area contributed by atoms with Crippen LogP contribution in [0, 0.1) is 0 Å². The summed E-state index contributed by atoms with van der Waals surface area (Å²) >= 11 is 0. The van der Waals surface area contributed by atoms with E-state index in [9.17, 15) is 22.8 Å². The van der Waals surface area contributed by atoms with E-state index in [0.717, 1.165) is 9.48 Å². The maximum Gasteiger partial charge on any atom is 0.470 e. The van der Waals surface area contributed by atoms with E-state index in [1.54, 1.807) is 0 Å². The molecule has 0 aromatic carbocycles. The quantitative estimate of drug-likeness (QED) is 0.674. The summed E-state index contributed by atoms with van der Waals surface area (Å²) in [6, 6.07) is -0.648. The summed E-state index contributed by atoms with van der Waals surface area (Å²) in [6.45, 7) is 0. The first-order chi connectivity index (χ1) is 10.2. The monoisotopic (exact) mass is 315 g/mol. The van der Waals surface area contributed by atoms with Crippen LogP contribution in [0.3, 0.4) is 0 Å². The van der Waals surface area contributed by atoms with E-state index < -0.39 is 29.9 Å². The lowest BCUT2D eigenvalue weighted by Crippen LogP contribution is -2.51. The fourth-order valence-electron chi connectivity index (χ4n) is 1.80. The normalized spacial score (nSPS) is 18.7. The molecule has 1 aromatic heterocycles. The summed E-state index contributed by atoms with van der Waals surface area (Å²) in [4.78, 5) is 32.0. The summed E-state index contributed by atoms with van der Waals surface area (Å²) < 4.78 is 42.7. The minimum Gasteiger partial charge on any atom is -0.409 e. The maximum atomic E-state index is 12.4. The van der Waals surface area contributed by atoms with Crippen LogP contribution in [-0.4, -0.2) is 63.1 Å². The van der Waals surface area contributed by atoms with Gasteiger partial charge in [-0.1, -0.05) is 4.99 Å². The molecule has 0 spiro atoms. The molecule has 0 aliphatic carbocycles. The fourth-order valence-corrected chi connectivity index (χ4v) is 1.80. The van der Waals surface area contributed by atoms with E-state index >= 15 is 0 Å². The molecule has 22 heavy (non-hydrogen) atoms. The molecule has 1 aromatic rings. The number of imide groups is 1.